The molecule has 116 valence electrons. The monoisotopic (exact) mass is 301 g/mol. The summed E-state index contributed by atoms with van der Waals surface area (Å²) in [6.07, 6.45) is 4.39. The summed E-state index contributed by atoms with van der Waals surface area (Å²) in [6.45, 7) is 2.09. The first-order chi connectivity index (χ1) is 10.6. The summed E-state index contributed by atoms with van der Waals surface area (Å²) < 4.78 is 1.81. The van der Waals surface area contributed by atoms with Crippen LogP contribution in [0.15, 0.2) is 18.3 Å². The first-order valence-electron chi connectivity index (χ1n) is 7.93. The fourth-order valence-corrected chi connectivity index (χ4v) is 3.78. The number of carbonyl (C=O) groups is 3. The van der Waals surface area contributed by atoms with E-state index in [4.69, 9.17) is 0 Å². The Hall–Kier alpha value is -2.11. The number of carbonyl (C=O) groups excluding carboxylic acids is 3. The van der Waals surface area contributed by atoms with Crippen molar-refractivity contribution in [1.82, 2.24) is 14.4 Å². The number of aromatic nitrogens is 1. The summed E-state index contributed by atoms with van der Waals surface area (Å²) in [5.74, 6) is 0.402. The Kier molecular flexibility index (Phi) is 3.06. The molecule has 4 rings (SSSR count). The van der Waals surface area contributed by atoms with Crippen LogP contribution in [-0.2, 0) is 9.59 Å². The van der Waals surface area contributed by atoms with E-state index < -0.39 is 0 Å². The van der Waals surface area contributed by atoms with E-state index in [0.717, 1.165) is 13.0 Å². The summed E-state index contributed by atoms with van der Waals surface area (Å²) in [7, 11) is 0. The summed E-state index contributed by atoms with van der Waals surface area (Å²) >= 11 is 0. The van der Waals surface area contributed by atoms with Gasteiger partial charge in [0.25, 0.3) is 0 Å². The molecule has 3 aliphatic heterocycles. The standard InChI is InChI=1S/C16H19N3O3/c20-14-6-5-13(19-8-1-3-12(14)19)16(22)17-9-11(10-17)18-7-2-4-15(18)21/h1,3,8,11,13H,2,4-7,9-10H2/t13-/m0/s1. The molecule has 1 atom stereocenters. The van der Waals surface area contributed by atoms with Crippen LogP contribution in [0.2, 0.25) is 0 Å². The van der Waals surface area contributed by atoms with Gasteiger partial charge in [-0.05, 0) is 25.0 Å². The van der Waals surface area contributed by atoms with Crippen molar-refractivity contribution in [3.8, 4) is 0 Å². The lowest BCUT2D eigenvalue weighted by molar-refractivity contribution is -0.147. The number of hydrogen-bond donors (Lipinski definition) is 0. The average molecular weight is 301 g/mol. The number of ketones is 1. The highest BCUT2D eigenvalue weighted by Gasteiger charge is 2.41. The second-order valence-electron chi connectivity index (χ2n) is 6.37. The molecule has 2 amide bonds. The van der Waals surface area contributed by atoms with Crippen molar-refractivity contribution < 1.29 is 14.4 Å². The molecule has 6 heteroatoms. The molecule has 0 radical (unpaired) electrons. The van der Waals surface area contributed by atoms with Crippen LogP contribution in [0, 0.1) is 0 Å². The highest BCUT2D eigenvalue weighted by atomic mass is 16.2. The molecule has 0 aliphatic carbocycles. The molecule has 1 aromatic heterocycles. The van der Waals surface area contributed by atoms with E-state index >= 15 is 0 Å². The van der Waals surface area contributed by atoms with Gasteiger partial charge in [0, 0.05) is 38.7 Å². The maximum Gasteiger partial charge on any atom is 0.245 e. The van der Waals surface area contributed by atoms with Gasteiger partial charge in [0.1, 0.15) is 6.04 Å². The minimum atomic E-state index is -0.266. The average Bonchev–Trinajstić information content (AvgIpc) is 3.08. The van der Waals surface area contributed by atoms with Gasteiger partial charge in [-0.25, -0.2) is 0 Å². The molecule has 4 heterocycles. The Balaban J connectivity index is 1.43. The molecule has 22 heavy (non-hydrogen) atoms. The molecule has 0 bridgehead atoms. The van der Waals surface area contributed by atoms with Crippen molar-refractivity contribution >= 4 is 17.6 Å². The summed E-state index contributed by atoms with van der Waals surface area (Å²) in [4.78, 5) is 40.0. The molecule has 2 saturated heterocycles. The molecule has 0 spiro atoms. The lowest BCUT2D eigenvalue weighted by Crippen LogP contribution is -2.62. The molecule has 3 aliphatic rings. The van der Waals surface area contributed by atoms with Crippen LogP contribution in [0.4, 0.5) is 0 Å². The number of fused-ring (bicyclic) bond motifs is 1. The van der Waals surface area contributed by atoms with E-state index in [1.165, 1.54) is 0 Å². The zero-order chi connectivity index (χ0) is 15.3. The lowest BCUT2D eigenvalue weighted by Gasteiger charge is -2.45. The van der Waals surface area contributed by atoms with Crippen molar-refractivity contribution in [2.24, 2.45) is 0 Å². The third-order valence-corrected chi connectivity index (χ3v) is 5.06. The molecule has 0 aromatic carbocycles. The maximum atomic E-state index is 12.7. The van der Waals surface area contributed by atoms with E-state index in [1.54, 1.807) is 6.07 Å². The van der Waals surface area contributed by atoms with Crippen LogP contribution < -0.4 is 0 Å². The SMILES string of the molecule is O=C1CC[C@@H](C(=O)N2CC(N3CCCC3=O)C2)n2cccc21. The number of nitrogens with zero attached hydrogens (tertiary/aromatic N) is 3. The van der Waals surface area contributed by atoms with Crippen molar-refractivity contribution in [2.75, 3.05) is 19.6 Å². The lowest BCUT2D eigenvalue weighted by atomic mass is 9.98. The fraction of sp³-hybridized carbons (Fsp3) is 0.562. The summed E-state index contributed by atoms with van der Waals surface area (Å²) in [5.41, 5.74) is 0.636. The zero-order valence-electron chi connectivity index (χ0n) is 12.4. The molecule has 2 fully saturated rings. The van der Waals surface area contributed by atoms with E-state index in [1.807, 2.05) is 26.6 Å². The molecule has 6 nitrogen and oxygen atoms in total. The third-order valence-electron chi connectivity index (χ3n) is 5.06. The Morgan fingerprint density at radius 3 is 2.73 bits per heavy atom. The Labute approximate surface area is 128 Å². The first-order valence-corrected chi connectivity index (χ1v) is 7.93. The highest BCUT2D eigenvalue weighted by molar-refractivity contribution is 5.97. The van der Waals surface area contributed by atoms with Gasteiger partial charge < -0.3 is 14.4 Å². The Morgan fingerprint density at radius 1 is 1.18 bits per heavy atom. The fourth-order valence-electron chi connectivity index (χ4n) is 3.78. The third kappa shape index (κ3) is 1.97. The highest BCUT2D eigenvalue weighted by Crippen LogP contribution is 2.30. The van der Waals surface area contributed by atoms with Crippen molar-refractivity contribution in [1.29, 1.82) is 0 Å². The Bertz CT molecular complexity index is 645. The number of Topliss-reactive ketones (excluding diaryl/α,β-unsaturated/α-hetero) is 1. The van der Waals surface area contributed by atoms with Gasteiger partial charge in [-0.1, -0.05) is 0 Å². The van der Waals surface area contributed by atoms with E-state index in [2.05, 4.69) is 0 Å². The van der Waals surface area contributed by atoms with Crippen molar-refractivity contribution in [2.45, 2.75) is 37.8 Å². The van der Waals surface area contributed by atoms with Crippen LogP contribution in [0.25, 0.3) is 0 Å². The predicted octanol–water partition coefficient (Wildman–Crippen LogP) is 0.839. The molecule has 0 saturated carbocycles. The molecular weight excluding hydrogens is 282 g/mol. The van der Waals surface area contributed by atoms with Crippen LogP contribution in [0.3, 0.4) is 0 Å². The summed E-state index contributed by atoms with van der Waals surface area (Å²) in [5, 5.41) is 0. The molecular formula is C16H19N3O3. The quantitative estimate of drug-likeness (QED) is 0.813. The molecule has 0 unspecified atom stereocenters. The topological polar surface area (TPSA) is 62.6 Å². The number of amides is 2. The molecule has 0 N–H and O–H groups in total. The second kappa shape index (κ2) is 4.97. The van der Waals surface area contributed by atoms with E-state index in [0.29, 0.717) is 38.0 Å². The second-order valence-corrected chi connectivity index (χ2v) is 6.37. The van der Waals surface area contributed by atoms with Crippen LogP contribution in [-0.4, -0.2) is 57.6 Å². The van der Waals surface area contributed by atoms with Gasteiger partial charge in [0.15, 0.2) is 5.78 Å². The maximum absolute atomic E-state index is 12.7. The largest absolute Gasteiger partial charge is 0.337 e. The first kappa shape index (κ1) is 13.5. The van der Waals surface area contributed by atoms with Gasteiger partial charge in [-0.3, -0.25) is 14.4 Å². The van der Waals surface area contributed by atoms with Crippen LogP contribution >= 0.6 is 0 Å². The van der Waals surface area contributed by atoms with Crippen molar-refractivity contribution in [3.63, 3.8) is 0 Å². The molecule has 1 aromatic rings. The predicted molar refractivity (Wildman–Crippen MR) is 78.3 cm³/mol. The van der Waals surface area contributed by atoms with Crippen LogP contribution in [0.1, 0.15) is 42.2 Å². The summed E-state index contributed by atoms with van der Waals surface area (Å²) in [6, 6.07) is 3.52. The van der Waals surface area contributed by atoms with Gasteiger partial charge in [0.05, 0.1) is 11.7 Å². The minimum Gasteiger partial charge on any atom is -0.337 e. The Morgan fingerprint density at radius 2 is 2.00 bits per heavy atom. The van der Waals surface area contributed by atoms with Gasteiger partial charge >= 0.3 is 0 Å². The van der Waals surface area contributed by atoms with Gasteiger partial charge in [0.2, 0.25) is 11.8 Å². The van der Waals surface area contributed by atoms with Crippen LogP contribution in [0.5, 0.6) is 0 Å². The zero-order valence-corrected chi connectivity index (χ0v) is 12.4. The number of hydrogen-bond acceptors (Lipinski definition) is 3. The number of rotatable bonds is 2. The van der Waals surface area contributed by atoms with E-state index in [-0.39, 0.29) is 29.7 Å². The van der Waals surface area contributed by atoms with Crippen molar-refractivity contribution in [3.05, 3.63) is 24.0 Å². The number of likely N-dealkylation sites (tertiary alicyclic amines) is 2. The van der Waals surface area contributed by atoms with Gasteiger partial charge in [-0.2, -0.15) is 0 Å². The normalized spacial score (nSPS) is 25.4. The van der Waals surface area contributed by atoms with E-state index in [9.17, 15) is 14.4 Å². The van der Waals surface area contributed by atoms with Gasteiger partial charge in [-0.15, -0.1) is 0 Å². The smallest absolute Gasteiger partial charge is 0.245 e. The minimum absolute atomic E-state index is 0.0767.